The van der Waals surface area contributed by atoms with Crippen molar-refractivity contribution in [3.05, 3.63) is 65.9 Å². The molecule has 4 rings (SSSR count). The second kappa shape index (κ2) is 4.91. The highest BCUT2D eigenvalue weighted by Crippen LogP contribution is 2.34. The number of hydrogen-bond acceptors (Lipinski definition) is 1. The van der Waals surface area contributed by atoms with Gasteiger partial charge in [0.15, 0.2) is 0 Å². The molecule has 0 saturated carbocycles. The average molecular weight is 291 g/mol. The zero-order valence-corrected chi connectivity index (χ0v) is 12.3. The van der Waals surface area contributed by atoms with Gasteiger partial charge in [-0.1, -0.05) is 36.4 Å². The standard InChI is InChI=1S/C18H17N3O/c1-12-14-9-5-6-10-15(14)20-17(12)16-11-19-18(22)21(16)13-7-3-2-4-8-13/h2-10,16,20H,11H2,1H3,(H,19,22). The highest BCUT2D eigenvalue weighted by Gasteiger charge is 2.35. The van der Waals surface area contributed by atoms with Crippen molar-refractivity contribution in [2.24, 2.45) is 0 Å². The molecule has 2 aromatic carbocycles. The van der Waals surface area contributed by atoms with E-state index >= 15 is 0 Å². The minimum Gasteiger partial charge on any atom is -0.356 e. The van der Waals surface area contributed by atoms with Gasteiger partial charge < -0.3 is 10.3 Å². The van der Waals surface area contributed by atoms with Gasteiger partial charge >= 0.3 is 6.03 Å². The Bertz CT molecular complexity index is 838. The minimum absolute atomic E-state index is 0.0118. The molecule has 0 aliphatic carbocycles. The number of aromatic amines is 1. The molecule has 1 aliphatic heterocycles. The monoisotopic (exact) mass is 291 g/mol. The summed E-state index contributed by atoms with van der Waals surface area (Å²) >= 11 is 0. The summed E-state index contributed by atoms with van der Waals surface area (Å²) in [5.41, 5.74) is 4.34. The second-order valence-electron chi connectivity index (χ2n) is 5.62. The Morgan fingerprint density at radius 1 is 1.05 bits per heavy atom. The topological polar surface area (TPSA) is 48.1 Å². The first kappa shape index (κ1) is 13.0. The molecule has 4 heteroatoms. The van der Waals surface area contributed by atoms with Crippen molar-refractivity contribution in [2.75, 3.05) is 11.4 Å². The Hall–Kier alpha value is -2.75. The van der Waals surface area contributed by atoms with Gasteiger partial charge in [-0.2, -0.15) is 0 Å². The van der Waals surface area contributed by atoms with Crippen LogP contribution in [-0.4, -0.2) is 17.6 Å². The van der Waals surface area contributed by atoms with Gasteiger partial charge in [0.05, 0.1) is 6.04 Å². The normalized spacial score (nSPS) is 18.0. The zero-order valence-electron chi connectivity index (χ0n) is 12.3. The van der Waals surface area contributed by atoms with Gasteiger partial charge in [0, 0.05) is 28.8 Å². The van der Waals surface area contributed by atoms with Gasteiger partial charge in [-0.15, -0.1) is 0 Å². The molecular weight excluding hydrogens is 274 g/mol. The van der Waals surface area contributed by atoms with E-state index in [1.165, 1.54) is 10.9 Å². The molecule has 4 nitrogen and oxygen atoms in total. The summed E-state index contributed by atoms with van der Waals surface area (Å²) in [6, 6.07) is 18.0. The van der Waals surface area contributed by atoms with Crippen molar-refractivity contribution in [1.82, 2.24) is 10.3 Å². The molecule has 1 saturated heterocycles. The number of hydrogen-bond donors (Lipinski definition) is 2. The molecule has 1 aromatic heterocycles. The summed E-state index contributed by atoms with van der Waals surface area (Å²) in [4.78, 5) is 17.6. The van der Waals surface area contributed by atoms with E-state index in [0.717, 1.165) is 16.9 Å². The van der Waals surface area contributed by atoms with Crippen molar-refractivity contribution < 1.29 is 4.79 Å². The van der Waals surface area contributed by atoms with E-state index in [0.29, 0.717) is 6.54 Å². The maximum atomic E-state index is 12.3. The van der Waals surface area contributed by atoms with E-state index in [1.807, 2.05) is 47.4 Å². The number of nitrogens with zero attached hydrogens (tertiary/aromatic N) is 1. The predicted molar refractivity (Wildman–Crippen MR) is 88.1 cm³/mol. The molecule has 1 fully saturated rings. The smallest absolute Gasteiger partial charge is 0.322 e. The van der Waals surface area contributed by atoms with Crippen molar-refractivity contribution in [2.45, 2.75) is 13.0 Å². The van der Waals surface area contributed by atoms with E-state index in [4.69, 9.17) is 0 Å². The molecule has 22 heavy (non-hydrogen) atoms. The van der Waals surface area contributed by atoms with Crippen LogP contribution in [0.5, 0.6) is 0 Å². The van der Waals surface area contributed by atoms with Crippen molar-refractivity contribution in [1.29, 1.82) is 0 Å². The van der Waals surface area contributed by atoms with E-state index in [9.17, 15) is 4.79 Å². The fourth-order valence-electron chi connectivity index (χ4n) is 3.26. The molecule has 1 atom stereocenters. The lowest BCUT2D eigenvalue weighted by atomic mass is 10.1. The third kappa shape index (κ3) is 1.88. The third-order valence-electron chi connectivity index (χ3n) is 4.35. The molecule has 110 valence electrons. The summed E-state index contributed by atoms with van der Waals surface area (Å²) < 4.78 is 0. The second-order valence-corrected chi connectivity index (χ2v) is 5.62. The van der Waals surface area contributed by atoms with Gasteiger partial charge in [0.2, 0.25) is 0 Å². The molecule has 1 unspecified atom stereocenters. The highest BCUT2D eigenvalue weighted by molar-refractivity contribution is 5.96. The van der Waals surface area contributed by atoms with E-state index < -0.39 is 0 Å². The molecule has 1 aliphatic rings. The Balaban J connectivity index is 1.83. The number of urea groups is 1. The maximum absolute atomic E-state index is 12.3. The first-order valence-corrected chi connectivity index (χ1v) is 7.45. The number of carbonyl (C=O) groups excluding carboxylic acids is 1. The van der Waals surface area contributed by atoms with Crippen LogP contribution in [0.1, 0.15) is 17.3 Å². The van der Waals surface area contributed by atoms with E-state index in [1.54, 1.807) is 0 Å². The van der Waals surface area contributed by atoms with Gasteiger partial charge in [-0.3, -0.25) is 4.90 Å². The summed E-state index contributed by atoms with van der Waals surface area (Å²) in [6.07, 6.45) is 0. The lowest BCUT2D eigenvalue weighted by Gasteiger charge is -2.23. The van der Waals surface area contributed by atoms with E-state index in [2.05, 4.69) is 29.4 Å². The number of amides is 2. The first-order chi connectivity index (χ1) is 10.8. The lowest BCUT2D eigenvalue weighted by molar-refractivity contribution is 0.251. The SMILES string of the molecule is Cc1c(C2CNC(=O)N2c2ccccc2)[nH]c2ccccc12. The Labute approximate surface area is 128 Å². The fraction of sp³-hybridized carbons (Fsp3) is 0.167. The number of rotatable bonds is 2. The lowest BCUT2D eigenvalue weighted by Crippen LogP contribution is -2.29. The molecule has 0 bridgehead atoms. The maximum Gasteiger partial charge on any atom is 0.322 e. The quantitative estimate of drug-likeness (QED) is 0.742. The van der Waals surface area contributed by atoms with Crippen LogP contribution in [0.4, 0.5) is 10.5 Å². The van der Waals surface area contributed by atoms with Gasteiger partial charge in [-0.05, 0) is 30.7 Å². The number of carbonyl (C=O) groups is 1. The van der Waals surface area contributed by atoms with Crippen LogP contribution in [0, 0.1) is 6.92 Å². The molecular formula is C18H17N3O. The summed E-state index contributed by atoms with van der Waals surface area (Å²) in [5.74, 6) is 0. The van der Waals surface area contributed by atoms with Gasteiger partial charge in [0.1, 0.15) is 0 Å². The number of aryl methyl sites for hydroxylation is 1. The van der Waals surface area contributed by atoms with Gasteiger partial charge in [0.25, 0.3) is 0 Å². The average Bonchev–Trinajstić information content (AvgIpc) is 3.09. The number of H-pyrrole nitrogens is 1. The highest BCUT2D eigenvalue weighted by atomic mass is 16.2. The molecule has 0 radical (unpaired) electrons. The van der Waals surface area contributed by atoms with Crippen LogP contribution in [0.15, 0.2) is 54.6 Å². The molecule has 2 heterocycles. The third-order valence-corrected chi connectivity index (χ3v) is 4.35. The summed E-state index contributed by atoms with van der Waals surface area (Å²) in [6.45, 7) is 2.72. The first-order valence-electron chi connectivity index (χ1n) is 7.45. The van der Waals surface area contributed by atoms with E-state index in [-0.39, 0.29) is 12.1 Å². The number of anilines is 1. The van der Waals surface area contributed by atoms with Crippen LogP contribution in [0.25, 0.3) is 10.9 Å². The minimum atomic E-state index is -0.0470. The molecule has 2 N–H and O–H groups in total. The van der Waals surface area contributed by atoms with Crippen LogP contribution < -0.4 is 10.2 Å². The Morgan fingerprint density at radius 3 is 2.55 bits per heavy atom. The summed E-state index contributed by atoms with van der Waals surface area (Å²) in [7, 11) is 0. The number of para-hydroxylation sites is 2. The fourth-order valence-corrected chi connectivity index (χ4v) is 3.26. The molecule has 3 aromatic rings. The zero-order chi connectivity index (χ0) is 15.1. The molecule has 2 amide bonds. The van der Waals surface area contributed by atoms with Crippen LogP contribution in [0.2, 0.25) is 0 Å². The summed E-state index contributed by atoms with van der Waals surface area (Å²) in [5, 5.41) is 4.17. The Kier molecular flexibility index (Phi) is 2.89. The number of fused-ring (bicyclic) bond motifs is 1. The van der Waals surface area contributed by atoms with Crippen molar-refractivity contribution >= 4 is 22.6 Å². The van der Waals surface area contributed by atoms with Crippen LogP contribution >= 0.6 is 0 Å². The van der Waals surface area contributed by atoms with Crippen molar-refractivity contribution in [3.8, 4) is 0 Å². The predicted octanol–water partition coefficient (Wildman–Crippen LogP) is 3.75. The van der Waals surface area contributed by atoms with Gasteiger partial charge in [-0.25, -0.2) is 4.79 Å². The van der Waals surface area contributed by atoms with Crippen LogP contribution in [-0.2, 0) is 0 Å². The number of nitrogens with one attached hydrogen (secondary N) is 2. The number of benzene rings is 2. The number of aromatic nitrogens is 1. The Morgan fingerprint density at radius 2 is 1.77 bits per heavy atom. The molecule has 0 spiro atoms. The largest absolute Gasteiger partial charge is 0.356 e. The van der Waals surface area contributed by atoms with Crippen LogP contribution in [0.3, 0.4) is 0 Å². The van der Waals surface area contributed by atoms with Crippen molar-refractivity contribution in [3.63, 3.8) is 0 Å².